The standard InChI is InChI=1S/C13H14O2/c14-13-8-4-7-12(15-13)10-9-11-5-2-1-3-6-11/h1-6,8,12H,7,9-10H2/t12-/m0/s1. The number of ether oxygens (including phenoxy) is 1. The normalized spacial score (nSPS) is 20.0. The Morgan fingerprint density at radius 2 is 2.07 bits per heavy atom. The van der Waals surface area contributed by atoms with Crippen molar-refractivity contribution in [2.45, 2.75) is 25.4 Å². The van der Waals surface area contributed by atoms with Gasteiger partial charge in [0, 0.05) is 12.5 Å². The number of esters is 1. The van der Waals surface area contributed by atoms with Crippen molar-refractivity contribution in [3.63, 3.8) is 0 Å². The van der Waals surface area contributed by atoms with Gasteiger partial charge in [0.05, 0.1) is 0 Å². The monoisotopic (exact) mass is 202 g/mol. The molecule has 1 aromatic carbocycles. The van der Waals surface area contributed by atoms with E-state index in [1.165, 1.54) is 11.6 Å². The predicted octanol–water partition coefficient (Wildman–Crippen LogP) is 2.49. The van der Waals surface area contributed by atoms with Crippen molar-refractivity contribution in [3.8, 4) is 0 Å². The minimum absolute atomic E-state index is 0.0581. The summed E-state index contributed by atoms with van der Waals surface area (Å²) < 4.78 is 5.18. The molecule has 1 aliphatic rings. The molecule has 1 heterocycles. The Bertz CT molecular complexity index is 354. The maximum Gasteiger partial charge on any atom is 0.330 e. The van der Waals surface area contributed by atoms with E-state index in [1.807, 2.05) is 24.3 Å². The highest BCUT2D eigenvalue weighted by Crippen LogP contribution is 2.14. The number of hydrogen-bond donors (Lipinski definition) is 0. The molecule has 0 fully saturated rings. The van der Waals surface area contributed by atoms with Gasteiger partial charge in [-0.3, -0.25) is 0 Å². The minimum atomic E-state index is -0.209. The quantitative estimate of drug-likeness (QED) is 0.704. The van der Waals surface area contributed by atoms with Gasteiger partial charge in [0.2, 0.25) is 0 Å². The molecule has 0 unspecified atom stereocenters. The van der Waals surface area contributed by atoms with Crippen LogP contribution in [-0.4, -0.2) is 12.1 Å². The Morgan fingerprint density at radius 1 is 1.27 bits per heavy atom. The minimum Gasteiger partial charge on any atom is -0.459 e. The zero-order valence-corrected chi connectivity index (χ0v) is 8.56. The average molecular weight is 202 g/mol. The van der Waals surface area contributed by atoms with E-state index in [0.717, 1.165) is 19.3 Å². The fourth-order valence-corrected chi connectivity index (χ4v) is 1.72. The molecule has 0 spiro atoms. The Hall–Kier alpha value is -1.57. The van der Waals surface area contributed by atoms with Gasteiger partial charge in [0.25, 0.3) is 0 Å². The molecule has 1 aliphatic heterocycles. The number of carbonyl (C=O) groups excluding carboxylic acids is 1. The van der Waals surface area contributed by atoms with E-state index < -0.39 is 0 Å². The van der Waals surface area contributed by atoms with Crippen LogP contribution in [0.1, 0.15) is 18.4 Å². The van der Waals surface area contributed by atoms with Crippen molar-refractivity contribution >= 4 is 5.97 Å². The molecule has 0 amide bonds. The van der Waals surface area contributed by atoms with Gasteiger partial charge in [0.1, 0.15) is 6.10 Å². The van der Waals surface area contributed by atoms with Gasteiger partial charge >= 0.3 is 5.97 Å². The van der Waals surface area contributed by atoms with Crippen LogP contribution in [0.15, 0.2) is 42.5 Å². The summed E-state index contributed by atoms with van der Waals surface area (Å²) in [6, 6.07) is 10.3. The second kappa shape index (κ2) is 4.78. The Balaban J connectivity index is 1.84. The smallest absolute Gasteiger partial charge is 0.330 e. The highest BCUT2D eigenvalue weighted by molar-refractivity contribution is 5.82. The fourth-order valence-electron chi connectivity index (χ4n) is 1.72. The molecule has 78 valence electrons. The lowest BCUT2D eigenvalue weighted by atomic mass is 10.0. The topological polar surface area (TPSA) is 26.3 Å². The lowest BCUT2D eigenvalue weighted by Gasteiger charge is -2.18. The van der Waals surface area contributed by atoms with E-state index in [1.54, 1.807) is 0 Å². The third-order valence-corrected chi connectivity index (χ3v) is 2.53. The molecule has 2 heteroatoms. The van der Waals surface area contributed by atoms with Gasteiger partial charge in [0.15, 0.2) is 0 Å². The highest BCUT2D eigenvalue weighted by atomic mass is 16.5. The van der Waals surface area contributed by atoms with Crippen molar-refractivity contribution in [1.82, 2.24) is 0 Å². The zero-order chi connectivity index (χ0) is 10.5. The third kappa shape index (κ3) is 2.94. The van der Waals surface area contributed by atoms with Gasteiger partial charge in [-0.2, -0.15) is 0 Å². The van der Waals surface area contributed by atoms with Crippen molar-refractivity contribution in [3.05, 3.63) is 48.0 Å². The molecule has 0 radical (unpaired) electrons. The molecular weight excluding hydrogens is 188 g/mol. The summed E-state index contributed by atoms with van der Waals surface area (Å²) in [5.41, 5.74) is 1.29. The molecule has 0 aromatic heterocycles. The summed E-state index contributed by atoms with van der Waals surface area (Å²) in [5, 5.41) is 0. The van der Waals surface area contributed by atoms with Crippen molar-refractivity contribution in [1.29, 1.82) is 0 Å². The largest absolute Gasteiger partial charge is 0.459 e. The molecule has 0 saturated carbocycles. The van der Waals surface area contributed by atoms with Crippen LogP contribution < -0.4 is 0 Å². The summed E-state index contributed by atoms with van der Waals surface area (Å²) in [7, 11) is 0. The van der Waals surface area contributed by atoms with Gasteiger partial charge in [-0.25, -0.2) is 4.79 Å². The summed E-state index contributed by atoms with van der Waals surface area (Å²) >= 11 is 0. The first-order chi connectivity index (χ1) is 7.34. The molecule has 0 bridgehead atoms. The van der Waals surface area contributed by atoms with Crippen LogP contribution in [0.25, 0.3) is 0 Å². The summed E-state index contributed by atoms with van der Waals surface area (Å²) in [6.45, 7) is 0. The third-order valence-electron chi connectivity index (χ3n) is 2.53. The van der Waals surface area contributed by atoms with Gasteiger partial charge in [-0.05, 0) is 18.4 Å². The number of carbonyl (C=O) groups is 1. The second-order valence-electron chi connectivity index (χ2n) is 3.72. The first-order valence-corrected chi connectivity index (χ1v) is 5.25. The zero-order valence-electron chi connectivity index (χ0n) is 8.56. The summed E-state index contributed by atoms with van der Waals surface area (Å²) in [6.07, 6.45) is 6.16. The lowest BCUT2D eigenvalue weighted by Crippen LogP contribution is -2.20. The van der Waals surface area contributed by atoms with Crippen LogP contribution in [0, 0.1) is 0 Å². The van der Waals surface area contributed by atoms with Crippen LogP contribution in [0.2, 0.25) is 0 Å². The SMILES string of the molecule is O=C1C=CC[C@@H](CCc2ccccc2)O1. The number of hydrogen-bond acceptors (Lipinski definition) is 2. The predicted molar refractivity (Wildman–Crippen MR) is 58.4 cm³/mol. The van der Waals surface area contributed by atoms with E-state index in [4.69, 9.17) is 4.74 Å². The molecule has 15 heavy (non-hydrogen) atoms. The molecular formula is C13H14O2. The van der Waals surface area contributed by atoms with Gasteiger partial charge < -0.3 is 4.74 Å². The summed E-state index contributed by atoms with van der Waals surface area (Å²) in [4.78, 5) is 11.0. The lowest BCUT2D eigenvalue weighted by molar-refractivity contribution is -0.144. The van der Waals surface area contributed by atoms with E-state index in [9.17, 15) is 4.79 Å². The fraction of sp³-hybridized carbons (Fsp3) is 0.308. The molecule has 2 nitrogen and oxygen atoms in total. The average Bonchev–Trinajstić information content (AvgIpc) is 2.28. The van der Waals surface area contributed by atoms with E-state index in [2.05, 4.69) is 12.1 Å². The Kier molecular flexibility index (Phi) is 3.18. The van der Waals surface area contributed by atoms with Crippen molar-refractivity contribution in [2.75, 3.05) is 0 Å². The van der Waals surface area contributed by atoms with E-state index in [-0.39, 0.29) is 12.1 Å². The van der Waals surface area contributed by atoms with E-state index in [0.29, 0.717) is 0 Å². The van der Waals surface area contributed by atoms with Crippen LogP contribution >= 0.6 is 0 Å². The van der Waals surface area contributed by atoms with Crippen molar-refractivity contribution in [2.24, 2.45) is 0 Å². The molecule has 1 aromatic rings. The molecule has 1 atom stereocenters. The second-order valence-corrected chi connectivity index (χ2v) is 3.72. The Labute approximate surface area is 89.6 Å². The number of aryl methyl sites for hydroxylation is 1. The first-order valence-electron chi connectivity index (χ1n) is 5.25. The van der Waals surface area contributed by atoms with Gasteiger partial charge in [-0.1, -0.05) is 36.4 Å². The maximum absolute atomic E-state index is 11.0. The molecule has 0 aliphatic carbocycles. The van der Waals surface area contributed by atoms with Crippen LogP contribution in [0.5, 0.6) is 0 Å². The Morgan fingerprint density at radius 3 is 2.80 bits per heavy atom. The number of rotatable bonds is 3. The van der Waals surface area contributed by atoms with Crippen LogP contribution in [-0.2, 0) is 16.0 Å². The summed E-state index contributed by atoms with van der Waals surface area (Å²) in [5.74, 6) is -0.209. The first kappa shape index (κ1) is 9.97. The van der Waals surface area contributed by atoms with Crippen LogP contribution in [0.3, 0.4) is 0 Å². The van der Waals surface area contributed by atoms with E-state index >= 15 is 0 Å². The molecule has 0 N–H and O–H groups in total. The van der Waals surface area contributed by atoms with Gasteiger partial charge in [-0.15, -0.1) is 0 Å². The van der Waals surface area contributed by atoms with Crippen molar-refractivity contribution < 1.29 is 9.53 Å². The van der Waals surface area contributed by atoms with Crippen LogP contribution in [0.4, 0.5) is 0 Å². The number of benzene rings is 1. The maximum atomic E-state index is 11.0. The number of cyclic esters (lactones) is 1. The molecule has 0 saturated heterocycles. The highest BCUT2D eigenvalue weighted by Gasteiger charge is 2.15. The molecule has 2 rings (SSSR count).